The number of ether oxygens (including phenoxy) is 1. The van der Waals surface area contributed by atoms with E-state index in [1.165, 1.54) is 0 Å². The summed E-state index contributed by atoms with van der Waals surface area (Å²) in [7, 11) is 1.59. The number of nitrogens with zero attached hydrogens (tertiary/aromatic N) is 2. The van der Waals surface area contributed by atoms with Crippen LogP contribution in [0.5, 0.6) is 5.88 Å². The first kappa shape index (κ1) is 14.8. The summed E-state index contributed by atoms with van der Waals surface area (Å²) in [5, 5.41) is 0. The van der Waals surface area contributed by atoms with Crippen LogP contribution >= 0.6 is 0 Å². The second kappa shape index (κ2) is 6.22. The molecule has 1 aliphatic heterocycles. The maximum absolute atomic E-state index is 12.4. The highest BCUT2D eigenvalue weighted by Crippen LogP contribution is 2.31. The molecule has 5 nitrogen and oxygen atoms in total. The normalized spacial score (nSPS) is 23.9. The SMILES string of the molecule is COc1cccc(C2C(N)CCCC(=O)N2C(C)C)n1. The Bertz CT molecular complexity index is 476. The van der Waals surface area contributed by atoms with E-state index < -0.39 is 0 Å². The number of rotatable bonds is 3. The van der Waals surface area contributed by atoms with E-state index in [2.05, 4.69) is 4.98 Å². The van der Waals surface area contributed by atoms with Gasteiger partial charge in [0.15, 0.2) is 0 Å². The maximum atomic E-state index is 12.4. The Kier molecular flexibility index (Phi) is 4.60. The molecule has 20 heavy (non-hydrogen) atoms. The summed E-state index contributed by atoms with van der Waals surface area (Å²) in [5.74, 6) is 0.706. The first-order chi connectivity index (χ1) is 9.54. The van der Waals surface area contributed by atoms with Gasteiger partial charge in [-0.1, -0.05) is 6.07 Å². The number of carbonyl (C=O) groups is 1. The molecule has 2 unspecified atom stereocenters. The second-order valence-electron chi connectivity index (χ2n) is 5.50. The fourth-order valence-electron chi connectivity index (χ4n) is 2.82. The first-order valence-corrected chi connectivity index (χ1v) is 7.12. The number of nitrogens with two attached hydrogens (primary N) is 1. The van der Waals surface area contributed by atoms with Gasteiger partial charge < -0.3 is 15.4 Å². The third kappa shape index (κ3) is 2.93. The van der Waals surface area contributed by atoms with E-state index in [0.29, 0.717) is 12.3 Å². The molecule has 1 amide bonds. The number of pyridine rings is 1. The molecule has 0 saturated carbocycles. The monoisotopic (exact) mass is 277 g/mol. The van der Waals surface area contributed by atoms with Crippen LogP contribution in [-0.2, 0) is 4.79 Å². The van der Waals surface area contributed by atoms with Crippen molar-refractivity contribution in [2.75, 3.05) is 7.11 Å². The number of amides is 1. The summed E-state index contributed by atoms with van der Waals surface area (Å²) in [4.78, 5) is 18.7. The minimum Gasteiger partial charge on any atom is -0.481 e. The van der Waals surface area contributed by atoms with E-state index in [4.69, 9.17) is 10.5 Å². The minimum atomic E-state index is -0.180. The van der Waals surface area contributed by atoms with Crippen LogP contribution in [0.4, 0.5) is 0 Å². The number of hydrogen-bond acceptors (Lipinski definition) is 4. The lowest BCUT2D eigenvalue weighted by atomic mass is 9.99. The van der Waals surface area contributed by atoms with Crippen molar-refractivity contribution in [2.45, 2.75) is 51.2 Å². The fourth-order valence-corrected chi connectivity index (χ4v) is 2.82. The van der Waals surface area contributed by atoms with Gasteiger partial charge in [-0.3, -0.25) is 4.79 Å². The van der Waals surface area contributed by atoms with Gasteiger partial charge in [0.2, 0.25) is 11.8 Å². The Morgan fingerprint density at radius 2 is 2.20 bits per heavy atom. The lowest BCUT2D eigenvalue weighted by molar-refractivity contribution is -0.135. The van der Waals surface area contributed by atoms with Crippen molar-refractivity contribution < 1.29 is 9.53 Å². The average molecular weight is 277 g/mol. The second-order valence-corrected chi connectivity index (χ2v) is 5.50. The molecule has 2 atom stereocenters. The third-order valence-corrected chi connectivity index (χ3v) is 3.73. The standard InChI is InChI=1S/C15H23N3O2/c1-10(2)18-14(19)9-4-6-11(16)15(18)12-7-5-8-13(17-12)20-3/h5,7-8,10-11,15H,4,6,9,16H2,1-3H3. The summed E-state index contributed by atoms with van der Waals surface area (Å²) < 4.78 is 5.18. The van der Waals surface area contributed by atoms with Crippen LogP contribution in [0.3, 0.4) is 0 Å². The molecular weight excluding hydrogens is 254 g/mol. The number of carbonyl (C=O) groups excluding carboxylic acids is 1. The number of methoxy groups -OCH3 is 1. The molecule has 0 spiro atoms. The van der Waals surface area contributed by atoms with Gasteiger partial charge in [0.1, 0.15) is 0 Å². The van der Waals surface area contributed by atoms with Gasteiger partial charge in [-0.2, -0.15) is 0 Å². The summed E-state index contributed by atoms with van der Waals surface area (Å²) in [6.45, 7) is 4.03. The Hall–Kier alpha value is -1.62. The molecule has 0 bridgehead atoms. The van der Waals surface area contributed by atoms with Gasteiger partial charge in [0, 0.05) is 24.6 Å². The van der Waals surface area contributed by atoms with Crippen LogP contribution in [0, 0.1) is 0 Å². The van der Waals surface area contributed by atoms with Crippen LogP contribution in [-0.4, -0.2) is 35.0 Å². The van der Waals surface area contributed by atoms with Crippen molar-refractivity contribution in [2.24, 2.45) is 5.73 Å². The Labute approximate surface area is 120 Å². The van der Waals surface area contributed by atoms with Crippen LogP contribution in [0.25, 0.3) is 0 Å². The Morgan fingerprint density at radius 3 is 2.85 bits per heavy atom. The largest absolute Gasteiger partial charge is 0.481 e. The molecule has 1 aromatic heterocycles. The molecule has 2 heterocycles. The van der Waals surface area contributed by atoms with E-state index in [0.717, 1.165) is 18.5 Å². The van der Waals surface area contributed by atoms with Gasteiger partial charge in [0.05, 0.1) is 18.8 Å². The molecule has 0 aromatic carbocycles. The van der Waals surface area contributed by atoms with Crippen molar-refractivity contribution in [1.82, 2.24) is 9.88 Å². The van der Waals surface area contributed by atoms with Crippen LogP contribution < -0.4 is 10.5 Å². The Morgan fingerprint density at radius 1 is 1.45 bits per heavy atom. The molecule has 1 aliphatic rings. The maximum Gasteiger partial charge on any atom is 0.223 e. The van der Waals surface area contributed by atoms with Crippen molar-refractivity contribution in [3.8, 4) is 5.88 Å². The summed E-state index contributed by atoms with van der Waals surface area (Å²) in [6.07, 6.45) is 2.23. The van der Waals surface area contributed by atoms with E-state index >= 15 is 0 Å². The van der Waals surface area contributed by atoms with Gasteiger partial charge in [-0.25, -0.2) is 4.98 Å². The molecule has 0 radical (unpaired) electrons. The van der Waals surface area contributed by atoms with E-state index in [-0.39, 0.29) is 24.0 Å². The number of hydrogen-bond donors (Lipinski definition) is 1. The highest BCUT2D eigenvalue weighted by atomic mass is 16.5. The van der Waals surface area contributed by atoms with Gasteiger partial charge in [0.25, 0.3) is 0 Å². The molecule has 0 aliphatic carbocycles. The quantitative estimate of drug-likeness (QED) is 0.916. The lowest BCUT2D eigenvalue weighted by Crippen LogP contribution is -2.46. The van der Waals surface area contributed by atoms with Crippen LogP contribution in [0.2, 0.25) is 0 Å². The highest BCUT2D eigenvalue weighted by Gasteiger charge is 2.35. The fraction of sp³-hybridized carbons (Fsp3) is 0.600. The zero-order valence-electron chi connectivity index (χ0n) is 12.4. The molecule has 110 valence electrons. The van der Waals surface area contributed by atoms with Gasteiger partial charge >= 0.3 is 0 Å². The Balaban J connectivity index is 2.42. The highest BCUT2D eigenvalue weighted by molar-refractivity contribution is 5.77. The molecule has 2 N–H and O–H groups in total. The van der Waals surface area contributed by atoms with Gasteiger partial charge in [-0.15, -0.1) is 0 Å². The van der Waals surface area contributed by atoms with Gasteiger partial charge in [-0.05, 0) is 32.8 Å². The summed E-state index contributed by atoms with van der Waals surface area (Å²) in [5.41, 5.74) is 7.12. The molecule has 1 aromatic rings. The number of likely N-dealkylation sites (tertiary alicyclic amines) is 1. The zero-order valence-corrected chi connectivity index (χ0v) is 12.4. The smallest absolute Gasteiger partial charge is 0.223 e. The molecule has 1 saturated heterocycles. The van der Waals surface area contributed by atoms with Crippen LogP contribution in [0.15, 0.2) is 18.2 Å². The first-order valence-electron chi connectivity index (χ1n) is 7.12. The summed E-state index contributed by atoms with van der Waals surface area (Å²) in [6, 6.07) is 5.43. The average Bonchev–Trinajstić information content (AvgIpc) is 2.57. The van der Waals surface area contributed by atoms with Crippen LogP contribution in [0.1, 0.15) is 44.8 Å². The van der Waals surface area contributed by atoms with Crippen molar-refractivity contribution >= 4 is 5.91 Å². The number of aromatic nitrogens is 1. The van der Waals surface area contributed by atoms with E-state index in [1.54, 1.807) is 13.2 Å². The predicted octanol–water partition coefficient (Wildman–Crippen LogP) is 1.88. The topological polar surface area (TPSA) is 68.5 Å². The lowest BCUT2D eigenvalue weighted by Gasteiger charge is -2.36. The third-order valence-electron chi connectivity index (χ3n) is 3.73. The summed E-state index contributed by atoms with van der Waals surface area (Å²) >= 11 is 0. The van der Waals surface area contributed by atoms with E-state index in [9.17, 15) is 4.79 Å². The molecular formula is C15H23N3O2. The minimum absolute atomic E-state index is 0.0940. The van der Waals surface area contributed by atoms with E-state index in [1.807, 2.05) is 30.9 Å². The molecule has 5 heteroatoms. The van der Waals surface area contributed by atoms with Crippen molar-refractivity contribution in [3.05, 3.63) is 23.9 Å². The van der Waals surface area contributed by atoms with Crippen molar-refractivity contribution in [1.29, 1.82) is 0 Å². The molecule has 2 rings (SSSR count). The van der Waals surface area contributed by atoms with Crippen molar-refractivity contribution in [3.63, 3.8) is 0 Å². The predicted molar refractivity (Wildman–Crippen MR) is 77.3 cm³/mol. The zero-order chi connectivity index (χ0) is 14.7. The molecule has 1 fully saturated rings.